The first-order chi connectivity index (χ1) is 14.4. The van der Waals surface area contributed by atoms with Gasteiger partial charge in [0.25, 0.3) is 0 Å². The molecule has 1 atom stereocenters. The Labute approximate surface area is 183 Å². The molecule has 0 fully saturated rings. The van der Waals surface area contributed by atoms with E-state index in [9.17, 15) is 9.59 Å². The van der Waals surface area contributed by atoms with Crippen molar-refractivity contribution in [2.24, 2.45) is 5.73 Å². The molecule has 0 aromatic rings. The minimum atomic E-state index is -1.02. The van der Waals surface area contributed by atoms with Gasteiger partial charge in [0.1, 0.15) is 6.04 Å². The minimum Gasteiger partial charge on any atom is -0.480 e. The summed E-state index contributed by atoms with van der Waals surface area (Å²) in [6, 6.07) is -0.875. The summed E-state index contributed by atoms with van der Waals surface area (Å²) in [6.45, 7) is 8.30. The molecule has 1 unspecified atom stereocenters. The number of amides is 1. The maximum absolute atomic E-state index is 11.9. The summed E-state index contributed by atoms with van der Waals surface area (Å²) < 4.78 is 4.83. The number of ether oxygens (including phenoxy) is 1. The molecule has 0 aliphatic heterocycles. The molecule has 0 heterocycles. The van der Waals surface area contributed by atoms with Crippen molar-refractivity contribution < 1.29 is 19.4 Å². The fraction of sp³-hybridized carbons (Fsp3) is 0.864. The second-order valence-corrected chi connectivity index (χ2v) is 7.30. The fourth-order valence-corrected chi connectivity index (χ4v) is 2.85. The maximum atomic E-state index is 11.9. The highest BCUT2D eigenvalue weighted by Crippen LogP contribution is 2.10. The lowest BCUT2D eigenvalue weighted by Crippen LogP contribution is -2.41. The van der Waals surface area contributed by atoms with Crippen molar-refractivity contribution in [2.75, 3.05) is 19.8 Å². The van der Waals surface area contributed by atoms with Gasteiger partial charge in [-0.05, 0) is 33.1 Å². The minimum absolute atomic E-state index is 0.138. The molecular weight excluding hydrogens is 384 g/mol. The highest BCUT2D eigenvalue weighted by atomic mass is 16.5. The molecule has 8 heteroatoms. The van der Waals surface area contributed by atoms with Crippen molar-refractivity contribution in [1.29, 1.82) is 5.41 Å². The van der Waals surface area contributed by atoms with Crippen LogP contribution in [0.1, 0.15) is 97.8 Å². The Morgan fingerprint density at radius 2 is 1.47 bits per heavy atom. The summed E-state index contributed by atoms with van der Waals surface area (Å²) in [5.74, 6) is -1.36. The van der Waals surface area contributed by atoms with E-state index in [1.807, 2.05) is 13.8 Å². The smallest absolute Gasteiger partial charge is 0.326 e. The average Bonchev–Trinajstić information content (AvgIpc) is 2.69. The third-order valence-electron chi connectivity index (χ3n) is 4.53. The third-order valence-corrected chi connectivity index (χ3v) is 4.53. The summed E-state index contributed by atoms with van der Waals surface area (Å²) in [5, 5.41) is 21.4. The molecule has 0 spiro atoms. The predicted molar refractivity (Wildman–Crippen MR) is 123 cm³/mol. The molecule has 30 heavy (non-hydrogen) atoms. The molecule has 8 nitrogen and oxygen atoms in total. The largest absolute Gasteiger partial charge is 0.480 e. The van der Waals surface area contributed by atoms with Crippen molar-refractivity contribution in [1.82, 2.24) is 10.6 Å². The number of aliphatic carboxylic acids is 1. The van der Waals surface area contributed by atoms with Crippen molar-refractivity contribution in [3.8, 4) is 0 Å². The molecule has 0 saturated heterocycles. The number of nitrogens with one attached hydrogen (secondary N) is 3. The van der Waals surface area contributed by atoms with E-state index in [0.717, 1.165) is 32.5 Å². The number of unbranched alkanes of at least 4 members (excludes halogenated alkanes) is 8. The van der Waals surface area contributed by atoms with Crippen LogP contribution in [-0.4, -0.2) is 48.7 Å². The van der Waals surface area contributed by atoms with Gasteiger partial charge in [-0.2, -0.15) is 0 Å². The van der Waals surface area contributed by atoms with Crippen LogP contribution in [0.2, 0.25) is 0 Å². The Bertz CT molecular complexity index is 431. The number of nitrogens with two attached hydrogens (primary N) is 1. The number of carboxylic acid groups (broad SMARTS) is 1. The molecule has 6 N–H and O–H groups in total. The monoisotopic (exact) mass is 430 g/mol. The van der Waals surface area contributed by atoms with E-state index in [4.69, 9.17) is 21.0 Å². The summed E-state index contributed by atoms with van der Waals surface area (Å²) in [6.07, 6.45) is 11.9. The van der Waals surface area contributed by atoms with Gasteiger partial charge in [-0.1, -0.05) is 58.3 Å². The lowest BCUT2D eigenvalue weighted by Gasteiger charge is -2.14. The number of rotatable bonds is 18. The van der Waals surface area contributed by atoms with Gasteiger partial charge in [-0.15, -0.1) is 0 Å². The lowest BCUT2D eigenvalue weighted by atomic mass is 10.1. The Kier molecular flexibility index (Phi) is 23.7. The number of hydrogen-bond acceptors (Lipinski definition) is 4. The SMILES string of the molecule is CCCCCCCCCCCC(=O)NC(CCCNC(=N)N)C(=O)O.CCOCC. The topological polar surface area (TPSA) is 138 Å². The number of carbonyl (C=O) groups is 2. The van der Waals surface area contributed by atoms with Gasteiger partial charge in [0.2, 0.25) is 5.91 Å². The lowest BCUT2D eigenvalue weighted by molar-refractivity contribution is -0.142. The summed E-state index contributed by atoms with van der Waals surface area (Å²) in [4.78, 5) is 23.0. The van der Waals surface area contributed by atoms with Gasteiger partial charge >= 0.3 is 5.97 Å². The Morgan fingerprint density at radius 3 is 1.90 bits per heavy atom. The van der Waals surface area contributed by atoms with Crippen molar-refractivity contribution in [3.05, 3.63) is 0 Å². The Balaban J connectivity index is 0. The first kappa shape index (κ1) is 30.4. The fourth-order valence-electron chi connectivity index (χ4n) is 2.85. The second kappa shape index (κ2) is 23.4. The van der Waals surface area contributed by atoms with Gasteiger partial charge in [-0.25, -0.2) is 4.79 Å². The molecule has 0 rings (SSSR count). The molecule has 0 bridgehead atoms. The number of carboxylic acids is 1. The van der Waals surface area contributed by atoms with Gasteiger partial charge in [0.15, 0.2) is 5.96 Å². The van der Waals surface area contributed by atoms with Crippen molar-refractivity contribution in [3.63, 3.8) is 0 Å². The molecule has 1 amide bonds. The molecular formula is C22H46N4O4. The van der Waals surface area contributed by atoms with Crippen LogP contribution >= 0.6 is 0 Å². The summed E-state index contributed by atoms with van der Waals surface area (Å²) >= 11 is 0. The maximum Gasteiger partial charge on any atom is 0.326 e. The number of carbonyl (C=O) groups excluding carboxylic acids is 1. The first-order valence-corrected chi connectivity index (χ1v) is 11.6. The normalized spacial score (nSPS) is 11.2. The van der Waals surface area contributed by atoms with Crippen LogP contribution in [0.15, 0.2) is 0 Å². The molecule has 0 saturated carbocycles. The van der Waals surface area contributed by atoms with Crippen LogP contribution in [0.5, 0.6) is 0 Å². The molecule has 0 radical (unpaired) electrons. The van der Waals surface area contributed by atoms with E-state index < -0.39 is 12.0 Å². The van der Waals surface area contributed by atoms with Gasteiger partial charge in [0, 0.05) is 26.2 Å². The zero-order chi connectivity index (χ0) is 23.0. The van der Waals surface area contributed by atoms with Crippen LogP contribution in [0.3, 0.4) is 0 Å². The summed E-state index contributed by atoms with van der Waals surface area (Å²) in [7, 11) is 0. The van der Waals surface area contributed by atoms with E-state index in [1.54, 1.807) is 0 Å². The molecule has 0 aromatic heterocycles. The van der Waals surface area contributed by atoms with Gasteiger partial charge in [0.05, 0.1) is 0 Å². The zero-order valence-corrected chi connectivity index (χ0v) is 19.4. The van der Waals surface area contributed by atoms with Crippen LogP contribution in [-0.2, 0) is 14.3 Å². The molecule has 0 aliphatic carbocycles. The predicted octanol–water partition coefficient (Wildman–Crippen LogP) is 3.78. The highest BCUT2D eigenvalue weighted by molar-refractivity contribution is 5.83. The molecule has 0 aromatic carbocycles. The van der Waals surface area contributed by atoms with E-state index in [0.29, 0.717) is 25.8 Å². The standard InChI is InChI=1S/C18H36N4O3.C4H10O/c1-2-3-4-5-6-7-8-9-10-13-16(23)22-15(17(24)25)12-11-14-21-18(19)20;1-3-5-4-2/h15H,2-14H2,1H3,(H,22,23)(H,24,25)(H4,19,20,21);3-4H2,1-2H3. The van der Waals surface area contributed by atoms with E-state index in [1.165, 1.54) is 38.5 Å². The average molecular weight is 431 g/mol. The second-order valence-electron chi connectivity index (χ2n) is 7.30. The van der Waals surface area contributed by atoms with Gasteiger partial charge in [-0.3, -0.25) is 10.2 Å². The van der Waals surface area contributed by atoms with Crippen LogP contribution in [0, 0.1) is 5.41 Å². The van der Waals surface area contributed by atoms with Gasteiger partial charge < -0.3 is 26.2 Å². The first-order valence-electron chi connectivity index (χ1n) is 11.6. The van der Waals surface area contributed by atoms with E-state index in [-0.39, 0.29) is 11.9 Å². The van der Waals surface area contributed by atoms with E-state index in [2.05, 4.69) is 17.6 Å². The quantitative estimate of drug-likeness (QED) is 0.127. The van der Waals surface area contributed by atoms with Crippen molar-refractivity contribution in [2.45, 2.75) is 104 Å². The number of hydrogen-bond donors (Lipinski definition) is 5. The van der Waals surface area contributed by atoms with Crippen LogP contribution < -0.4 is 16.4 Å². The summed E-state index contributed by atoms with van der Waals surface area (Å²) in [5.41, 5.74) is 5.16. The number of guanidine groups is 1. The van der Waals surface area contributed by atoms with Crippen LogP contribution in [0.25, 0.3) is 0 Å². The third kappa shape index (κ3) is 24.2. The Morgan fingerprint density at radius 1 is 0.933 bits per heavy atom. The highest BCUT2D eigenvalue weighted by Gasteiger charge is 2.19. The zero-order valence-electron chi connectivity index (χ0n) is 19.4. The van der Waals surface area contributed by atoms with Crippen LogP contribution in [0.4, 0.5) is 0 Å². The van der Waals surface area contributed by atoms with E-state index >= 15 is 0 Å². The Hall–Kier alpha value is -1.83. The molecule has 178 valence electrons. The molecule has 0 aliphatic rings. The van der Waals surface area contributed by atoms with Crippen molar-refractivity contribution >= 4 is 17.8 Å².